The summed E-state index contributed by atoms with van der Waals surface area (Å²) in [6.45, 7) is 9.18. The van der Waals surface area contributed by atoms with Crippen LogP contribution in [-0.2, 0) is 9.59 Å². The zero-order valence-corrected chi connectivity index (χ0v) is 15.9. The molecule has 6 nitrogen and oxygen atoms in total. The van der Waals surface area contributed by atoms with Gasteiger partial charge < -0.3 is 10.2 Å². The molecular weight excluding hydrogens is 336 g/mol. The number of nitrogens with zero attached hydrogens (tertiary/aromatic N) is 3. The minimum Gasteiger partial charge on any atom is -0.356 e. The van der Waals surface area contributed by atoms with Crippen LogP contribution in [0.4, 0.5) is 0 Å². The highest BCUT2D eigenvalue weighted by Crippen LogP contribution is 2.22. The molecule has 2 rings (SSSR count). The van der Waals surface area contributed by atoms with Crippen LogP contribution in [-0.4, -0.2) is 53.3 Å². The Balaban J connectivity index is 1.71. The fraction of sp³-hybridized carbons (Fsp3) is 0.778. The Morgan fingerprint density at radius 1 is 1.20 bits per heavy atom. The van der Waals surface area contributed by atoms with E-state index >= 15 is 0 Å². The Morgan fingerprint density at radius 2 is 1.88 bits per heavy atom. The van der Waals surface area contributed by atoms with E-state index in [1.165, 1.54) is 37.9 Å². The van der Waals surface area contributed by atoms with Crippen LogP contribution in [0.2, 0.25) is 0 Å². The third-order valence-electron chi connectivity index (χ3n) is 4.91. The zero-order chi connectivity index (χ0) is 18.1. The van der Waals surface area contributed by atoms with Gasteiger partial charge in [0.15, 0.2) is 0 Å². The van der Waals surface area contributed by atoms with Crippen molar-refractivity contribution in [3.8, 4) is 6.57 Å². The normalized spacial score (nSPS) is 20.2. The molecule has 0 aromatic heterocycles. The van der Waals surface area contributed by atoms with Gasteiger partial charge in [-0.3, -0.25) is 9.59 Å². The second-order valence-electron chi connectivity index (χ2n) is 6.88. The largest absolute Gasteiger partial charge is 0.457 e. The maximum Gasteiger partial charge on any atom is 0.457 e. The van der Waals surface area contributed by atoms with Crippen LogP contribution in [0.25, 0.3) is 4.85 Å². The number of likely N-dealkylation sites (tertiary alicyclic amines) is 1. The number of hydrogen-bond acceptors (Lipinski definition) is 4. The fourth-order valence-corrected chi connectivity index (χ4v) is 4.10. The van der Waals surface area contributed by atoms with E-state index < -0.39 is 0 Å². The molecule has 0 aromatic carbocycles. The summed E-state index contributed by atoms with van der Waals surface area (Å²) in [6, 6.07) is 0.308. The highest BCUT2D eigenvalue weighted by Gasteiger charge is 2.25. The standard InChI is InChI=1S/C18H28N4O2S/c1-14(23)20-12-15-8-10-22(11-9-15)17(24)13-25-18(19-2)21-16-6-4-3-5-7-16/h2,15-16H,3-13H2,1H3/p+1. The smallest absolute Gasteiger partial charge is 0.356 e. The average Bonchev–Trinajstić information content (AvgIpc) is 2.64. The Labute approximate surface area is 154 Å². The molecule has 2 aliphatic rings. The number of carbonyl (C=O) groups excluding carboxylic acids is 2. The van der Waals surface area contributed by atoms with Crippen LogP contribution < -0.4 is 5.32 Å². The monoisotopic (exact) mass is 365 g/mol. The molecule has 1 saturated carbocycles. The average molecular weight is 366 g/mol. The molecule has 0 atom stereocenters. The minimum absolute atomic E-state index is 0.00484. The third-order valence-corrected chi connectivity index (χ3v) is 5.77. The molecule has 138 valence electrons. The Hall–Kier alpha value is -1.55. The molecule has 0 aromatic rings. The van der Waals surface area contributed by atoms with Gasteiger partial charge in [-0.2, -0.15) is 4.85 Å². The summed E-state index contributed by atoms with van der Waals surface area (Å²) >= 11 is 1.34. The summed E-state index contributed by atoms with van der Waals surface area (Å²) < 4.78 is 0. The summed E-state index contributed by atoms with van der Waals surface area (Å²) in [5, 5.41) is 3.40. The molecule has 7 heteroatoms. The van der Waals surface area contributed by atoms with E-state index in [4.69, 9.17) is 6.57 Å². The molecular formula is C18H29N4O2S+. The van der Waals surface area contributed by atoms with Gasteiger partial charge in [0.25, 0.3) is 0 Å². The van der Waals surface area contributed by atoms with Gasteiger partial charge in [-0.25, -0.2) is 0 Å². The van der Waals surface area contributed by atoms with E-state index in [0.717, 1.165) is 38.8 Å². The summed E-state index contributed by atoms with van der Waals surface area (Å²) in [7, 11) is 0. The van der Waals surface area contributed by atoms with Gasteiger partial charge in [0.2, 0.25) is 11.8 Å². The lowest BCUT2D eigenvalue weighted by Gasteiger charge is -2.31. The van der Waals surface area contributed by atoms with E-state index in [-0.39, 0.29) is 11.8 Å². The van der Waals surface area contributed by atoms with Gasteiger partial charge in [-0.15, -0.1) is 0 Å². The predicted molar refractivity (Wildman–Crippen MR) is 103 cm³/mol. The van der Waals surface area contributed by atoms with Crippen LogP contribution in [0.5, 0.6) is 0 Å². The number of aliphatic imine (C=N–C) groups is 1. The molecule has 0 radical (unpaired) electrons. The van der Waals surface area contributed by atoms with Crippen molar-refractivity contribution >= 4 is 28.7 Å². The Bertz CT molecular complexity index is 530. The molecule has 2 fully saturated rings. The maximum absolute atomic E-state index is 12.4. The lowest BCUT2D eigenvalue weighted by molar-refractivity contribution is -0.130. The first kappa shape index (κ1) is 19.8. The van der Waals surface area contributed by atoms with Crippen molar-refractivity contribution in [3.63, 3.8) is 0 Å². The number of carbonyl (C=O) groups is 2. The fourth-order valence-electron chi connectivity index (χ4n) is 3.37. The van der Waals surface area contributed by atoms with E-state index in [2.05, 4.69) is 15.2 Å². The second kappa shape index (κ2) is 10.4. The van der Waals surface area contributed by atoms with E-state index in [0.29, 0.717) is 29.4 Å². The number of thioether (sulfide) groups is 1. The first-order chi connectivity index (χ1) is 12.1. The lowest BCUT2D eigenvalue weighted by Crippen LogP contribution is -2.42. The first-order valence-electron chi connectivity index (χ1n) is 9.22. The van der Waals surface area contributed by atoms with Crippen molar-refractivity contribution in [1.82, 2.24) is 10.2 Å². The zero-order valence-electron chi connectivity index (χ0n) is 15.1. The molecule has 2 amide bonds. The van der Waals surface area contributed by atoms with Crippen LogP contribution in [0.1, 0.15) is 51.9 Å². The second-order valence-corrected chi connectivity index (χ2v) is 7.83. The number of piperidine rings is 1. The summed E-state index contributed by atoms with van der Waals surface area (Å²) in [5.74, 6) is 0.916. The topological polar surface area (TPSA) is 66.1 Å². The molecule has 1 heterocycles. The van der Waals surface area contributed by atoms with Crippen molar-refractivity contribution in [2.75, 3.05) is 25.4 Å². The van der Waals surface area contributed by atoms with Gasteiger partial charge in [0.05, 0.1) is 5.75 Å². The number of rotatable bonds is 5. The highest BCUT2D eigenvalue weighted by atomic mass is 32.2. The molecule has 1 aliphatic carbocycles. The van der Waals surface area contributed by atoms with Gasteiger partial charge in [0, 0.05) is 26.6 Å². The molecule has 0 bridgehead atoms. The third kappa shape index (κ3) is 7.07. The highest BCUT2D eigenvalue weighted by molar-refractivity contribution is 8.14. The van der Waals surface area contributed by atoms with Crippen LogP contribution >= 0.6 is 11.8 Å². The maximum atomic E-state index is 12.4. The SMILES string of the molecule is C#[N+]C(=NC1CCCCC1)SCC(=O)N1CCC(CNC(C)=O)CC1. The number of nitrogens with one attached hydrogen (secondary N) is 1. The van der Waals surface area contributed by atoms with Crippen molar-refractivity contribution in [1.29, 1.82) is 0 Å². The van der Waals surface area contributed by atoms with Gasteiger partial charge in [0.1, 0.15) is 12.6 Å². The van der Waals surface area contributed by atoms with Crippen molar-refractivity contribution in [2.45, 2.75) is 57.9 Å². The lowest BCUT2D eigenvalue weighted by atomic mass is 9.96. The van der Waals surface area contributed by atoms with Crippen LogP contribution in [0.15, 0.2) is 4.99 Å². The molecule has 25 heavy (non-hydrogen) atoms. The number of amides is 2. The molecule has 1 saturated heterocycles. The summed E-state index contributed by atoms with van der Waals surface area (Å²) in [4.78, 5) is 33.6. The van der Waals surface area contributed by atoms with Crippen molar-refractivity contribution in [3.05, 3.63) is 4.85 Å². The van der Waals surface area contributed by atoms with E-state index in [1.54, 1.807) is 0 Å². The molecule has 1 aliphatic heterocycles. The van der Waals surface area contributed by atoms with Gasteiger partial charge in [-0.05, 0) is 56.2 Å². The van der Waals surface area contributed by atoms with E-state index in [9.17, 15) is 9.59 Å². The van der Waals surface area contributed by atoms with Crippen molar-refractivity contribution in [2.24, 2.45) is 10.9 Å². The number of amidine groups is 1. The summed E-state index contributed by atoms with van der Waals surface area (Å²) in [5.41, 5.74) is 0. The molecule has 0 spiro atoms. The first-order valence-corrected chi connectivity index (χ1v) is 10.2. The minimum atomic E-state index is 0.00484. The number of hydrogen-bond donors (Lipinski definition) is 1. The molecule has 0 unspecified atom stereocenters. The quantitative estimate of drug-likeness (QED) is 0.602. The Kier molecular flexibility index (Phi) is 8.26. The van der Waals surface area contributed by atoms with Crippen LogP contribution in [0, 0.1) is 12.5 Å². The van der Waals surface area contributed by atoms with Crippen molar-refractivity contribution < 1.29 is 9.59 Å². The predicted octanol–water partition coefficient (Wildman–Crippen LogP) is 2.75. The Morgan fingerprint density at radius 3 is 2.48 bits per heavy atom. The van der Waals surface area contributed by atoms with E-state index in [1.807, 2.05) is 4.90 Å². The van der Waals surface area contributed by atoms with Gasteiger partial charge in [-0.1, -0.05) is 11.4 Å². The molecule has 1 N–H and O–H groups in total. The van der Waals surface area contributed by atoms with Crippen LogP contribution in [0.3, 0.4) is 0 Å². The summed E-state index contributed by atoms with van der Waals surface area (Å²) in [6.07, 6.45) is 7.75. The van der Waals surface area contributed by atoms with Gasteiger partial charge >= 0.3 is 5.17 Å².